The summed E-state index contributed by atoms with van der Waals surface area (Å²) < 4.78 is 10.1. The summed E-state index contributed by atoms with van der Waals surface area (Å²) in [5.41, 5.74) is 1.09. The molecule has 0 saturated heterocycles. The van der Waals surface area contributed by atoms with Crippen LogP contribution in [0.15, 0.2) is 33.9 Å². The summed E-state index contributed by atoms with van der Waals surface area (Å²) in [5.74, 6) is 0.352. The van der Waals surface area contributed by atoms with Crippen LogP contribution in [0.3, 0.4) is 0 Å². The second-order valence-electron chi connectivity index (χ2n) is 5.00. The van der Waals surface area contributed by atoms with Gasteiger partial charge in [0.15, 0.2) is 6.61 Å². The molecule has 0 bridgehead atoms. The van der Waals surface area contributed by atoms with Crippen molar-refractivity contribution in [2.75, 3.05) is 13.2 Å². The van der Waals surface area contributed by atoms with Crippen LogP contribution in [0.25, 0.3) is 0 Å². The number of aryl methyl sites for hydroxylation is 1. The summed E-state index contributed by atoms with van der Waals surface area (Å²) in [6, 6.07) is 5.10. The van der Waals surface area contributed by atoms with E-state index in [0.717, 1.165) is 17.9 Å². The Hall–Kier alpha value is -2.35. The molecule has 0 aliphatic heterocycles. The molecular weight excluding hydrogens is 330 g/mol. The summed E-state index contributed by atoms with van der Waals surface area (Å²) in [7, 11) is 0. The van der Waals surface area contributed by atoms with Crippen molar-refractivity contribution in [3.8, 4) is 0 Å². The maximum Gasteiger partial charge on any atom is 0.341 e. The lowest BCUT2D eigenvalue weighted by Crippen LogP contribution is -2.29. The van der Waals surface area contributed by atoms with Crippen molar-refractivity contribution >= 4 is 23.6 Å². The predicted octanol–water partition coefficient (Wildman–Crippen LogP) is 2.35. The van der Waals surface area contributed by atoms with E-state index < -0.39 is 5.97 Å². The third kappa shape index (κ3) is 5.38. The van der Waals surface area contributed by atoms with Gasteiger partial charge < -0.3 is 14.6 Å². The third-order valence-electron chi connectivity index (χ3n) is 2.93. The molecule has 0 aliphatic rings. The zero-order valence-electron chi connectivity index (χ0n) is 13.6. The van der Waals surface area contributed by atoms with Gasteiger partial charge in [-0.1, -0.05) is 23.8 Å². The van der Waals surface area contributed by atoms with E-state index in [1.54, 1.807) is 18.3 Å². The Kier molecular flexibility index (Phi) is 6.80. The molecule has 24 heavy (non-hydrogen) atoms. The van der Waals surface area contributed by atoms with Crippen LogP contribution in [0.4, 0.5) is 0 Å². The van der Waals surface area contributed by atoms with Crippen LogP contribution in [-0.4, -0.2) is 35.2 Å². The van der Waals surface area contributed by atoms with Crippen molar-refractivity contribution in [2.24, 2.45) is 0 Å². The first kappa shape index (κ1) is 18.0. The normalized spacial score (nSPS) is 10.4. The highest BCUT2D eigenvalue weighted by molar-refractivity contribution is 7.98. The number of pyridine rings is 1. The highest BCUT2D eigenvalue weighted by atomic mass is 32.2. The Balaban J connectivity index is 1.94. The van der Waals surface area contributed by atoms with Crippen molar-refractivity contribution in [2.45, 2.75) is 31.0 Å². The van der Waals surface area contributed by atoms with Crippen molar-refractivity contribution < 1.29 is 18.8 Å². The number of nitrogens with one attached hydrogen (secondary N) is 1. The lowest BCUT2D eigenvalue weighted by molar-refractivity contribution is -0.124. The van der Waals surface area contributed by atoms with Crippen molar-refractivity contribution in [3.63, 3.8) is 0 Å². The van der Waals surface area contributed by atoms with E-state index in [1.807, 2.05) is 19.9 Å². The van der Waals surface area contributed by atoms with E-state index in [1.165, 1.54) is 11.8 Å². The van der Waals surface area contributed by atoms with Crippen LogP contribution >= 0.6 is 11.8 Å². The summed E-state index contributed by atoms with van der Waals surface area (Å²) >= 11 is 1.35. The van der Waals surface area contributed by atoms with E-state index in [9.17, 15) is 9.59 Å². The topological polar surface area (TPSA) is 94.3 Å². The Morgan fingerprint density at radius 2 is 2.25 bits per heavy atom. The van der Waals surface area contributed by atoms with Gasteiger partial charge in [-0.25, -0.2) is 9.78 Å². The first-order valence-corrected chi connectivity index (χ1v) is 8.52. The Labute approximate surface area is 144 Å². The molecule has 0 spiro atoms. The zero-order chi connectivity index (χ0) is 17.4. The van der Waals surface area contributed by atoms with E-state index in [0.29, 0.717) is 22.9 Å². The monoisotopic (exact) mass is 349 g/mol. The summed E-state index contributed by atoms with van der Waals surface area (Å²) in [6.07, 6.45) is 2.42. The Morgan fingerprint density at radius 1 is 1.42 bits per heavy atom. The second kappa shape index (κ2) is 9.07. The molecule has 0 saturated carbocycles. The fourth-order valence-electron chi connectivity index (χ4n) is 1.81. The van der Waals surface area contributed by atoms with Crippen LogP contribution in [0.1, 0.15) is 35.2 Å². The van der Waals surface area contributed by atoms with Gasteiger partial charge in [0.2, 0.25) is 0 Å². The minimum atomic E-state index is -0.575. The third-order valence-corrected chi connectivity index (χ3v) is 3.97. The lowest BCUT2D eigenvalue weighted by Gasteiger charge is -2.08. The molecule has 128 valence electrons. The number of hydrogen-bond donors (Lipinski definition) is 1. The molecule has 0 atom stereocenters. The average Bonchev–Trinajstić information content (AvgIpc) is 3.01. The summed E-state index contributed by atoms with van der Waals surface area (Å²) in [6.45, 7) is 4.01. The first-order chi connectivity index (χ1) is 11.6. The lowest BCUT2D eigenvalue weighted by atomic mass is 10.3. The number of rotatable bonds is 8. The molecule has 2 aromatic rings. The van der Waals surface area contributed by atoms with Crippen molar-refractivity contribution in [1.29, 1.82) is 0 Å². The molecular formula is C16H19N3O4S. The van der Waals surface area contributed by atoms with Gasteiger partial charge in [0.1, 0.15) is 10.8 Å². The minimum Gasteiger partial charge on any atom is -0.452 e. The van der Waals surface area contributed by atoms with Gasteiger partial charge in [-0.15, -0.1) is 0 Å². The standard InChI is InChI=1S/C16H19N3O4S/c1-3-6-17-14(20)9-22-16(21)13-5-4-7-18-15(13)24-10-12-8-11(2)23-19-12/h4-5,7-8H,3,6,9-10H2,1-2H3,(H,17,20). The fraction of sp³-hybridized carbons (Fsp3) is 0.375. The number of nitrogens with zero attached hydrogens (tertiary/aromatic N) is 2. The van der Waals surface area contributed by atoms with Gasteiger partial charge in [-0.2, -0.15) is 0 Å². The van der Waals surface area contributed by atoms with Gasteiger partial charge in [0, 0.05) is 24.6 Å². The number of thioether (sulfide) groups is 1. The van der Waals surface area contributed by atoms with Crippen molar-refractivity contribution in [3.05, 3.63) is 41.4 Å². The molecule has 0 fully saturated rings. The molecule has 0 radical (unpaired) electrons. The number of carbonyl (C=O) groups is 2. The maximum absolute atomic E-state index is 12.2. The average molecular weight is 349 g/mol. The van der Waals surface area contributed by atoms with Crippen LogP contribution in [0, 0.1) is 6.92 Å². The number of aromatic nitrogens is 2. The highest BCUT2D eigenvalue weighted by Gasteiger charge is 2.16. The number of carbonyl (C=O) groups excluding carboxylic acids is 2. The van der Waals surface area contributed by atoms with Gasteiger partial charge >= 0.3 is 5.97 Å². The molecule has 0 aliphatic carbocycles. The van der Waals surface area contributed by atoms with Crippen LogP contribution in [-0.2, 0) is 15.3 Å². The number of amides is 1. The van der Waals surface area contributed by atoms with E-state index >= 15 is 0 Å². The number of esters is 1. The molecule has 2 heterocycles. The Bertz CT molecular complexity index is 702. The highest BCUT2D eigenvalue weighted by Crippen LogP contribution is 2.24. The molecule has 0 unspecified atom stereocenters. The zero-order valence-corrected chi connectivity index (χ0v) is 14.4. The fourth-order valence-corrected chi connectivity index (χ4v) is 2.68. The van der Waals surface area contributed by atoms with Gasteiger partial charge in [0.25, 0.3) is 5.91 Å². The van der Waals surface area contributed by atoms with E-state index in [4.69, 9.17) is 9.26 Å². The van der Waals surface area contributed by atoms with E-state index in [-0.39, 0.29) is 12.5 Å². The van der Waals surface area contributed by atoms with Gasteiger partial charge in [0.05, 0.1) is 11.3 Å². The van der Waals surface area contributed by atoms with Crippen LogP contribution in [0.5, 0.6) is 0 Å². The maximum atomic E-state index is 12.2. The van der Waals surface area contributed by atoms with Gasteiger partial charge in [-0.05, 0) is 25.5 Å². The summed E-state index contributed by atoms with van der Waals surface area (Å²) in [4.78, 5) is 27.9. The number of hydrogen-bond acceptors (Lipinski definition) is 7. The molecule has 1 amide bonds. The molecule has 8 heteroatoms. The first-order valence-electron chi connectivity index (χ1n) is 7.54. The second-order valence-corrected chi connectivity index (χ2v) is 5.96. The Morgan fingerprint density at radius 3 is 2.96 bits per heavy atom. The SMILES string of the molecule is CCCNC(=O)COC(=O)c1cccnc1SCc1cc(C)on1. The van der Waals surface area contributed by atoms with Gasteiger partial charge in [-0.3, -0.25) is 4.79 Å². The van der Waals surface area contributed by atoms with Crippen molar-refractivity contribution in [1.82, 2.24) is 15.5 Å². The summed E-state index contributed by atoms with van der Waals surface area (Å²) in [5, 5.41) is 7.07. The molecule has 2 rings (SSSR count). The predicted molar refractivity (Wildman–Crippen MR) is 88.6 cm³/mol. The molecule has 0 aromatic carbocycles. The minimum absolute atomic E-state index is 0.305. The molecule has 1 N–H and O–H groups in total. The smallest absolute Gasteiger partial charge is 0.341 e. The largest absolute Gasteiger partial charge is 0.452 e. The van der Waals surface area contributed by atoms with Crippen LogP contribution < -0.4 is 5.32 Å². The van der Waals surface area contributed by atoms with Crippen LogP contribution in [0.2, 0.25) is 0 Å². The van der Waals surface area contributed by atoms with E-state index in [2.05, 4.69) is 15.5 Å². The molecule has 7 nitrogen and oxygen atoms in total. The quantitative estimate of drug-likeness (QED) is 0.577. The number of ether oxygens (including phenoxy) is 1. The molecule has 2 aromatic heterocycles.